The first-order valence-corrected chi connectivity index (χ1v) is 11.8. The summed E-state index contributed by atoms with van der Waals surface area (Å²) in [7, 11) is 0. The average molecular weight is 536 g/mol. The molecule has 0 aromatic heterocycles. The molecule has 4 nitrogen and oxygen atoms in total. The van der Waals surface area contributed by atoms with Crippen LogP contribution in [0.2, 0.25) is 10.0 Å². The number of carbonyl (C=O) groups excluding carboxylic acids is 2. The topological polar surface area (TPSA) is 58.2 Å². The van der Waals surface area contributed by atoms with Gasteiger partial charge in [-0.2, -0.15) is 13.2 Å². The molecule has 0 bridgehead atoms. The summed E-state index contributed by atoms with van der Waals surface area (Å²) >= 11 is 19.0. The maximum atomic E-state index is 13.0. The number of benzene rings is 2. The summed E-state index contributed by atoms with van der Waals surface area (Å²) in [5.41, 5.74) is 2.34. The van der Waals surface area contributed by atoms with Gasteiger partial charge in [-0.3, -0.25) is 9.59 Å². The van der Waals surface area contributed by atoms with Crippen LogP contribution in [-0.2, 0) is 16.0 Å². The quantitative estimate of drug-likeness (QED) is 0.362. The highest BCUT2D eigenvalue weighted by molar-refractivity contribution is 6.34. The zero-order valence-corrected chi connectivity index (χ0v) is 21.0. The predicted octanol–water partition coefficient (Wildman–Crippen LogP) is 7.43. The molecule has 4 unspecified atom stereocenters. The molecule has 2 aromatic rings. The summed E-state index contributed by atoms with van der Waals surface area (Å²) in [5, 5.41) is 5.86. The van der Waals surface area contributed by atoms with Crippen LogP contribution in [0.1, 0.15) is 44.2 Å². The van der Waals surface area contributed by atoms with Gasteiger partial charge in [0.1, 0.15) is 0 Å². The Labute approximate surface area is 211 Å². The van der Waals surface area contributed by atoms with Gasteiger partial charge in [-0.25, -0.2) is 0 Å². The van der Waals surface area contributed by atoms with Crippen molar-refractivity contribution in [2.24, 2.45) is 11.8 Å². The van der Waals surface area contributed by atoms with Crippen molar-refractivity contribution >= 4 is 58.0 Å². The van der Waals surface area contributed by atoms with Gasteiger partial charge in [0.2, 0.25) is 11.8 Å². The van der Waals surface area contributed by atoms with Gasteiger partial charge < -0.3 is 10.6 Å². The second-order valence-corrected chi connectivity index (χ2v) is 10.4. The van der Waals surface area contributed by atoms with Crippen molar-refractivity contribution in [2.45, 2.75) is 50.6 Å². The number of carbonyl (C=O) groups is 2. The van der Waals surface area contributed by atoms with Gasteiger partial charge in [0.05, 0.1) is 27.9 Å². The molecule has 10 heteroatoms. The van der Waals surface area contributed by atoms with E-state index < -0.39 is 35.2 Å². The molecule has 184 valence electrons. The zero-order chi connectivity index (χ0) is 25.4. The Balaban J connectivity index is 1.73. The van der Waals surface area contributed by atoms with E-state index in [1.54, 1.807) is 13.0 Å². The Bertz CT molecular complexity index is 1110. The van der Waals surface area contributed by atoms with Crippen LogP contribution >= 0.6 is 34.8 Å². The van der Waals surface area contributed by atoms with E-state index in [-0.39, 0.29) is 22.5 Å². The van der Waals surface area contributed by atoms with Crippen LogP contribution in [0.3, 0.4) is 0 Å². The molecule has 0 heterocycles. The fraction of sp³-hybridized carbons (Fsp3) is 0.417. The SMILES string of the molecule is CCc1cc(Cl)cc(C2C(C(=O)Nc3ccc(Cl)c(NC(=O)C(C)CC(F)(F)F)c3)C2(C)Cl)c1. The Morgan fingerprint density at radius 3 is 2.41 bits per heavy atom. The Hall–Kier alpha value is -1.96. The van der Waals surface area contributed by atoms with Crippen LogP contribution in [0.5, 0.6) is 0 Å². The molecule has 1 fully saturated rings. The van der Waals surface area contributed by atoms with Crippen LogP contribution in [0.25, 0.3) is 0 Å². The van der Waals surface area contributed by atoms with Crippen molar-refractivity contribution < 1.29 is 22.8 Å². The maximum Gasteiger partial charge on any atom is 0.389 e. The Morgan fingerprint density at radius 2 is 1.79 bits per heavy atom. The monoisotopic (exact) mass is 534 g/mol. The molecular weight excluding hydrogens is 512 g/mol. The molecule has 1 saturated carbocycles. The molecule has 0 aliphatic heterocycles. The third-order valence-corrected chi connectivity index (χ3v) is 6.97. The van der Waals surface area contributed by atoms with Crippen LogP contribution in [0.15, 0.2) is 36.4 Å². The lowest BCUT2D eigenvalue weighted by Gasteiger charge is -2.16. The summed E-state index contributed by atoms with van der Waals surface area (Å²) in [5.74, 6) is -3.23. The third kappa shape index (κ3) is 6.18. The van der Waals surface area contributed by atoms with Gasteiger partial charge in [-0.1, -0.05) is 43.1 Å². The first-order valence-electron chi connectivity index (χ1n) is 10.7. The molecule has 2 amide bonds. The van der Waals surface area contributed by atoms with Gasteiger partial charge >= 0.3 is 6.18 Å². The lowest BCUT2D eigenvalue weighted by atomic mass is 10.0. The molecule has 0 spiro atoms. The van der Waals surface area contributed by atoms with Crippen LogP contribution in [-0.4, -0.2) is 22.9 Å². The molecule has 2 aromatic carbocycles. The van der Waals surface area contributed by atoms with E-state index in [1.807, 2.05) is 19.1 Å². The first-order chi connectivity index (χ1) is 15.7. The summed E-state index contributed by atoms with van der Waals surface area (Å²) in [6, 6.07) is 10.0. The van der Waals surface area contributed by atoms with E-state index >= 15 is 0 Å². The van der Waals surface area contributed by atoms with Crippen molar-refractivity contribution in [3.63, 3.8) is 0 Å². The van der Waals surface area contributed by atoms with Gasteiger partial charge in [0, 0.05) is 22.5 Å². The molecule has 1 aliphatic carbocycles. The van der Waals surface area contributed by atoms with Crippen molar-refractivity contribution in [1.29, 1.82) is 0 Å². The summed E-state index contributed by atoms with van der Waals surface area (Å²) in [6.45, 7) is 4.97. The van der Waals surface area contributed by atoms with E-state index in [9.17, 15) is 22.8 Å². The highest BCUT2D eigenvalue weighted by Gasteiger charge is 2.65. The third-order valence-electron chi connectivity index (χ3n) is 5.95. The molecule has 3 rings (SSSR count). The van der Waals surface area contributed by atoms with Crippen LogP contribution in [0, 0.1) is 11.8 Å². The van der Waals surface area contributed by atoms with E-state index in [0.29, 0.717) is 10.7 Å². The normalized spacial score (nSPS) is 22.7. The number of rotatable bonds is 7. The second-order valence-electron chi connectivity index (χ2n) is 8.75. The van der Waals surface area contributed by atoms with Crippen molar-refractivity contribution in [3.05, 3.63) is 57.6 Å². The molecule has 0 radical (unpaired) electrons. The summed E-state index contributed by atoms with van der Waals surface area (Å²) < 4.78 is 37.7. The number of anilines is 2. The lowest BCUT2D eigenvalue weighted by molar-refractivity contribution is -0.150. The van der Waals surface area contributed by atoms with Crippen molar-refractivity contribution in [1.82, 2.24) is 0 Å². The Kier molecular flexibility index (Phi) is 7.80. The first kappa shape index (κ1) is 26.6. The number of amides is 2. The zero-order valence-electron chi connectivity index (χ0n) is 18.7. The standard InChI is InChI=1S/C24H24Cl3F3N2O2/c1-4-13-7-14(9-15(25)8-13)19-20(23(19,3)27)22(34)31-16-5-6-17(26)18(10-16)32-21(33)12(2)11-24(28,29)30/h5-10,12,19-20H,4,11H2,1-3H3,(H,31,34)(H,32,33). The van der Waals surface area contributed by atoms with Gasteiger partial charge in [-0.05, 0) is 54.8 Å². The number of aryl methyl sites for hydroxylation is 1. The smallest absolute Gasteiger partial charge is 0.326 e. The predicted molar refractivity (Wildman–Crippen MR) is 130 cm³/mol. The number of hydrogen-bond donors (Lipinski definition) is 2. The average Bonchev–Trinajstić information content (AvgIpc) is 3.30. The second kappa shape index (κ2) is 9.96. The molecule has 4 atom stereocenters. The maximum absolute atomic E-state index is 13.0. The van der Waals surface area contributed by atoms with Crippen LogP contribution < -0.4 is 10.6 Å². The summed E-state index contributed by atoms with van der Waals surface area (Å²) in [4.78, 5) is 24.4. The fourth-order valence-corrected chi connectivity index (χ4v) is 4.93. The van der Waals surface area contributed by atoms with Crippen LogP contribution in [0.4, 0.5) is 24.5 Å². The number of hydrogen-bond acceptors (Lipinski definition) is 2. The minimum atomic E-state index is -4.47. The molecular formula is C24H24Cl3F3N2O2. The van der Waals surface area contributed by atoms with Crippen molar-refractivity contribution in [3.8, 4) is 0 Å². The lowest BCUT2D eigenvalue weighted by Crippen LogP contribution is -2.25. The van der Waals surface area contributed by atoms with E-state index in [2.05, 4.69) is 10.6 Å². The molecule has 0 saturated heterocycles. The Morgan fingerprint density at radius 1 is 1.12 bits per heavy atom. The highest BCUT2D eigenvalue weighted by Crippen LogP contribution is 2.62. The minimum Gasteiger partial charge on any atom is -0.326 e. The largest absolute Gasteiger partial charge is 0.389 e. The van der Waals surface area contributed by atoms with E-state index in [0.717, 1.165) is 17.5 Å². The minimum absolute atomic E-state index is 0.0990. The van der Waals surface area contributed by atoms with E-state index in [1.165, 1.54) is 25.1 Å². The number of alkyl halides is 4. The van der Waals surface area contributed by atoms with Gasteiger partial charge in [0.15, 0.2) is 0 Å². The fourth-order valence-electron chi connectivity index (χ4n) is 4.08. The molecule has 2 N–H and O–H groups in total. The van der Waals surface area contributed by atoms with E-state index in [4.69, 9.17) is 34.8 Å². The van der Waals surface area contributed by atoms with Gasteiger partial charge in [0.25, 0.3) is 0 Å². The molecule has 34 heavy (non-hydrogen) atoms. The number of halogens is 6. The molecule has 1 aliphatic rings. The number of nitrogens with one attached hydrogen (secondary N) is 2. The highest BCUT2D eigenvalue weighted by atomic mass is 35.5. The summed E-state index contributed by atoms with van der Waals surface area (Å²) in [6.07, 6.45) is -4.93. The van der Waals surface area contributed by atoms with Gasteiger partial charge in [-0.15, -0.1) is 11.6 Å². The van der Waals surface area contributed by atoms with Crippen molar-refractivity contribution in [2.75, 3.05) is 10.6 Å².